The van der Waals surface area contributed by atoms with Crippen molar-refractivity contribution in [1.82, 2.24) is 19.6 Å². The fourth-order valence-corrected chi connectivity index (χ4v) is 3.96. The molecule has 6 nitrogen and oxygen atoms in total. The second kappa shape index (κ2) is 10.1. The Bertz CT molecular complexity index is 1250. The van der Waals surface area contributed by atoms with Crippen molar-refractivity contribution in [2.75, 3.05) is 10.6 Å². The van der Waals surface area contributed by atoms with E-state index in [-0.39, 0.29) is 0 Å². The van der Waals surface area contributed by atoms with Crippen molar-refractivity contribution in [3.63, 3.8) is 0 Å². The summed E-state index contributed by atoms with van der Waals surface area (Å²) in [5.41, 5.74) is 2.67. The average molecular weight is 526 g/mol. The number of thiocarbonyl (C=S) groups is 1. The van der Waals surface area contributed by atoms with Crippen LogP contribution < -0.4 is 10.6 Å². The van der Waals surface area contributed by atoms with E-state index in [1.165, 1.54) is 0 Å². The monoisotopic (exact) mass is 524 g/mol. The molecule has 0 unspecified atom stereocenters. The fourth-order valence-electron chi connectivity index (χ4n) is 2.95. The predicted octanol–water partition coefficient (Wildman–Crippen LogP) is 6.60. The average Bonchev–Trinajstić information content (AvgIpc) is 3.31. The van der Waals surface area contributed by atoms with Gasteiger partial charge in [0.2, 0.25) is 0 Å². The molecule has 2 aromatic heterocycles. The quantitative estimate of drug-likeness (QED) is 0.278. The number of benzene rings is 2. The highest BCUT2D eigenvalue weighted by Crippen LogP contribution is 2.23. The highest BCUT2D eigenvalue weighted by Gasteiger charge is 2.11. The smallest absolute Gasteiger partial charge is 0.176 e. The zero-order valence-corrected chi connectivity index (χ0v) is 20.2. The lowest BCUT2D eigenvalue weighted by Gasteiger charge is -2.07. The molecule has 32 heavy (non-hydrogen) atoms. The van der Waals surface area contributed by atoms with Gasteiger partial charge in [-0.1, -0.05) is 64.6 Å². The van der Waals surface area contributed by atoms with Gasteiger partial charge in [0, 0.05) is 27.5 Å². The minimum absolute atomic E-state index is 0.340. The number of nitrogens with zero attached hydrogens (tertiary/aromatic N) is 4. The van der Waals surface area contributed by atoms with E-state index in [0.717, 1.165) is 11.1 Å². The van der Waals surface area contributed by atoms with Gasteiger partial charge in [0.25, 0.3) is 0 Å². The minimum Gasteiger partial charge on any atom is -0.330 e. The van der Waals surface area contributed by atoms with Gasteiger partial charge in [0.05, 0.1) is 25.0 Å². The first-order valence-electron chi connectivity index (χ1n) is 9.37. The van der Waals surface area contributed by atoms with Crippen molar-refractivity contribution >= 4 is 75.2 Å². The Morgan fingerprint density at radius 1 is 0.844 bits per heavy atom. The summed E-state index contributed by atoms with van der Waals surface area (Å²) in [5.74, 6) is 0.457. The van der Waals surface area contributed by atoms with Crippen LogP contribution in [0.4, 0.5) is 11.5 Å². The molecule has 164 valence electrons. The van der Waals surface area contributed by atoms with E-state index >= 15 is 0 Å². The maximum atomic E-state index is 6.31. The molecule has 0 amide bonds. The summed E-state index contributed by atoms with van der Waals surface area (Å²) in [6.45, 7) is 1.05. The lowest BCUT2D eigenvalue weighted by Crippen LogP contribution is -2.19. The number of nitrogens with one attached hydrogen (secondary N) is 2. The summed E-state index contributed by atoms with van der Waals surface area (Å²) in [6, 6.07) is 12.9. The number of rotatable bonds is 6. The first-order chi connectivity index (χ1) is 15.4. The van der Waals surface area contributed by atoms with Gasteiger partial charge in [-0.25, -0.2) is 0 Å². The zero-order chi connectivity index (χ0) is 22.7. The number of hydrogen-bond acceptors (Lipinski definition) is 3. The fraction of sp³-hybridized carbons (Fsp3) is 0.0952. The molecular formula is C21H16Cl4N6S. The SMILES string of the molecule is S=C(Nc1cnn(Cc2ccc(Cl)cc2Cl)c1)Nc1nn(Cc2ccc(Cl)cc2)cc1Cl. The van der Waals surface area contributed by atoms with Gasteiger partial charge < -0.3 is 10.6 Å². The summed E-state index contributed by atoms with van der Waals surface area (Å²) in [6.07, 6.45) is 5.22. The predicted molar refractivity (Wildman–Crippen MR) is 135 cm³/mol. The highest BCUT2D eigenvalue weighted by molar-refractivity contribution is 7.80. The van der Waals surface area contributed by atoms with Gasteiger partial charge in [-0.15, -0.1) is 0 Å². The van der Waals surface area contributed by atoms with Crippen LogP contribution in [0.15, 0.2) is 61.1 Å². The lowest BCUT2D eigenvalue weighted by atomic mass is 10.2. The zero-order valence-electron chi connectivity index (χ0n) is 16.4. The molecule has 2 aromatic carbocycles. The second-order valence-corrected chi connectivity index (χ2v) is 8.99. The molecule has 0 radical (unpaired) electrons. The molecule has 0 fully saturated rings. The summed E-state index contributed by atoms with van der Waals surface area (Å²) >= 11 is 29.8. The second-order valence-electron chi connectivity index (χ2n) is 6.89. The van der Waals surface area contributed by atoms with Crippen LogP contribution in [0.2, 0.25) is 20.1 Å². The molecule has 4 aromatic rings. The Balaban J connectivity index is 1.36. The molecule has 0 saturated carbocycles. The van der Waals surface area contributed by atoms with Gasteiger partial charge in [-0.3, -0.25) is 9.36 Å². The lowest BCUT2D eigenvalue weighted by molar-refractivity contribution is 0.687. The molecule has 0 aliphatic heterocycles. The Kier molecular flexibility index (Phi) is 7.23. The summed E-state index contributed by atoms with van der Waals surface area (Å²) < 4.78 is 3.47. The first-order valence-corrected chi connectivity index (χ1v) is 11.3. The molecule has 0 aliphatic carbocycles. The van der Waals surface area contributed by atoms with Gasteiger partial charge >= 0.3 is 0 Å². The van der Waals surface area contributed by atoms with Crippen molar-refractivity contribution < 1.29 is 0 Å². The van der Waals surface area contributed by atoms with Crippen LogP contribution in [0.1, 0.15) is 11.1 Å². The van der Waals surface area contributed by atoms with Crippen LogP contribution >= 0.6 is 58.6 Å². The molecule has 0 atom stereocenters. The van der Waals surface area contributed by atoms with E-state index in [4.69, 9.17) is 58.6 Å². The Hall–Kier alpha value is -2.29. The van der Waals surface area contributed by atoms with Gasteiger partial charge in [0.1, 0.15) is 5.02 Å². The van der Waals surface area contributed by atoms with Crippen molar-refractivity contribution in [3.8, 4) is 0 Å². The van der Waals surface area contributed by atoms with Crippen LogP contribution in [-0.2, 0) is 13.1 Å². The summed E-state index contributed by atoms with van der Waals surface area (Å²) in [5, 5.41) is 17.5. The highest BCUT2D eigenvalue weighted by atomic mass is 35.5. The maximum Gasteiger partial charge on any atom is 0.176 e. The van der Waals surface area contributed by atoms with Crippen molar-refractivity contribution in [2.45, 2.75) is 13.1 Å². The van der Waals surface area contributed by atoms with Gasteiger partial charge in [-0.05, 0) is 47.6 Å². The van der Waals surface area contributed by atoms with Crippen LogP contribution in [0, 0.1) is 0 Å². The van der Waals surface area contributed by atoms with E-state index in [0.29, 0.717) is 49.8 Å². The summed E-state index contributed by atoms with van der Waals surface area (Å²) in [7, 11) is 0. The molecule has 4 rings (SSSR count). The Morgan fingerprint density at radius 3 is 2.34 bits per heavy atom. The number of hydrogen-bond donors (Lipinski definition) is 2. The number of anilines is 2. The van der Waals surface area contributed by atoms with Crippen LogP contribution in [0.25, 0.3) is 0 Å². The minimum atomic E-state index is 0.340. The first kappa shape index (κ1) is 22.9. The van der Waals surface area contributed by atoms with Crippen molar-refractivity contribution in [1.29, 1.82) is 0 Å². The van der Waals surface area contributed by atoms with E-state index in [1.54, 1.807) is 33.9 Å². The third kappa shape index (κ3) is 5.94. The van der Waals surface area contributed by atoms with E-state index in [1.807, 2.05) is 36.5 Å². The maximum absolute atomic E-state index is 6.31. The third-order valence-electron chi connectivity index (χ3n) is 4.45. The molecule has 0 spiro atoms. The van der Waals surface area contributed by atoms with Crippen molar-refractivity contribution in [2.24, 2.45) is 0 Å². The Morgan fingerprint density at radius 2 is 1.59 bits per heavy atom. The molecule has 11 heteroatoms. The molecule has 2 heterocycles. The molecule has 0 bridgehead atoms. The molecule has 0 aliphatic rings. The van der Waals surface area contributed by atoms with Crippen molar-refractivity contribution in [3.05, 3.63) is 92.3 Å². The van der Waals surface area contributed by atoms with E-state index < -0.39 is 0 Å². The van der Waals surface area contributed by atoms with Crippen LogP contribution in [0.5, 0.6) is 0 Å². The number of halogens is 4. The topological polar surface area (TPSA) is 59.7 Å². The van der Waals surface area contributed by atoms with E-state index in [2.05, 4.69) is 20.8 Å². The normalized spacial score (nSPS) is 10.9. The molecule has 2 N–H and O–H groups in total. The largest absolute Gasteiger partial charge is 0.330 e. The molecule has 0 saturated heterocycles. The number of aromatic nitrogens is 4. The van der Waals surface area contributed by atoms with Gasteiger partial charge in [0.15, 0.2) is 10.9 Å². The Labute approximate surface area is 210 Å². The van der Waals surface area contributed by atoms with Crippen LogP contribution in [0.3, 0.4) is 0 Å². The van der Waals surface area contributed by atoms with Crippen LogP contribution in [-0.4, -0.2) is 24.7 Å². The standard InChI is InChI=1S/C21H16Cl4N6S/c22-15-4-1-13(2-5-15)9-31-12-19(25)20(29-31)28-21(32)27-17-8-26-30(11-17)10-14-3-6-16(23)7-18(14)24/h1-8,11-12H,9-10H2,(H2,27,28,29,32). The third-order valence-corrected chi connectivity index (χ3v) is 5.77. The van der Waals surface area contributed by atoms with Gasteiger partial charge in [-0.2, -0.15) is 10.2 Å². The summed E-state index contributed by atoms with van der Waals surface area (Å²) in [4.78, 5) is 0. The van der Waals surface area contributed by atoms with E-state index in [9.17, 15) is 0 Å². The molecular weight excluding hydrogens is 510 g/mol.